The maximum absolute atomic E-state index is 12.5. The lowest BCUT2D eigenvalue weighted by molar-refractivity contribution is -0.118. The summed E-state index contributed by atoms with van der Waals surface area (Å²) in [6, 6.07) is 18.2. The number of hydrogen-bond acceptors (Lipinski definition) is 9. The molecule has 0 aliphatic rings. The van der Waals surface area contributed by atoms with Crippen LogP contribution in [0.4, 0.5) is 0 Å². The second-order valence-electron chi connectivity index (χ2n) is 7.70. The molecule has 2 N–H and O–H groups in total. The Morgan fingerprint density at radius 3 is 2.32 bits per heavy atom. The van der Waals surface area contributed by atoms with Crippen LogP contribution in [0, 0.1) is 0 Å². The third-order valence-electron chi connectivity index (χ3n) is 5.32. The van der Waals surface area contributed by atoms with Gasteiger partial charge in [0.2, 0.25) is 0 Å². The van der Waals surface area contributed by atoms with Gasteiger partial charge in [0.1, 0.15) is 11.5 Å². The number of methoxy groups -OCH3 is 3. The molecule has 0 atom stereocenters. The molecule has 3 aromatic carbocycles. The zero-order valence-electron chi connectivity index (χ0n) is 20.7. The van der Waals surface area contributed by atoms with Crippen LogP contribution in [0.1, 0.15) is 5.56 Å². The monoisotopic (exact) mass is 597 g/mol. The Bertz CT molecular complexity index is 1440. The smallest absolute Gasteiger partial charge is 0.250 e. The first kappa shape index (κ1) is 27.0. The van der Waals surface area contributed by atoms with E-state index >= 15 is 0 Å². The molecule has 0 unspecified atom stereocenters. The minimum absolute atomic E-state index is 0.0138. The number of thioether (sulfide) groups is 1. The van der Waals surface area contributed by atoms with Gasteiger partial charge in [-0.15, -0.1) is 10.2 Å². The summed E-state index contributed by atoms with van der Waals surface area (Å²) in [4.78, 5) is 12.5. The summed E-state index contributed by atoms with van der Waals surface area (Å²) in [5.74, 6) is 2.06. The Morgan fingerprint density at radius 1 is 1.03 bits per heavy atom. The molecule has 12 heteroatoms. The number of hydrogen-bond donors (Lipinski definition) is 2. The fraction of sp³-hybridized carbons (Fsp3) is 0.154. The number of aromatic nitrogens is 3. The van der Waals surface area contributed by atoms with E-state index in [0.717, 1.165) is 22.7 Å². The van der Waals surface area contributed by atoms with E-state index in [9.17, 15) is 9.90 Å². The summed E-state index contributed by atoms with van der Waals surface area (Å²) in [7, 11) is 4.67. The first-order valence-corrected chi connectivity index (χ1v) is 13.0. The van der Waals surface area contributed by atoms with E-state index in [-0.39, 0.29) is 23.2 Å². The van der Waals surface area contributed by atoms with Crippen molar-refractivity contribution in [1.29, 1.82) is 0 Å². The summed E-state index contributed by atoms with van der Waals surface area (Å²) in [6.45, 7) is 0. The molecule has 1 heterocycles. The van der Waals surface area contributed by atoms with Gasteiger partial charge in [-0.2, -0.15) is 5.10 Å². The molecule has 1 amide bonds. The minimum atomic E-state index is -0.327. The number of halogens is 1. The van der Waals surface area contributed by atoms with Crippen LogP contribution >= 0.6 is 27.7 Å². The number of carbonyl (C=O) groups excluding carboxylic acids is 1. The number of ether oxygens (including phenoxy) is 3. The van der Waals surface area contributed by atoms with Crippen molar-refractivity contribution in [3.63, 3.8) is 0 Å². The van der Waals surface area contributed by atoms with E-state index in [2.05, 4.69) is 36.7 Å². The number of nitrogens with one attached hydrogen (secondary N) is 1. The highest BCUT2D eigenvalue weighted by atomic mass is 79.9. The second-order valence-corrected chi connectivity index (χ2v) is 9.50. The van der Waals surface area contributed by atoms with E-state index in [4.69, 9.17) is 14.2 Å². The van der Waals surface area contributed by atoms with Gasteiger partial charge in [0.25, 0.3) is 5.91 Å². The largest absolute Gasteiger partial charge is 0.503 e. The summed E-state index contributed by atoms with van der Waals surface area (Å²) in [5, 5.41) is 23.2. The molecule has 0 radical (unpaired) electrons. The fourth-order valence-electron chi connectivity index (χ4n) is 3.42. The number of nitrogens with zero attached hydrogens (tertiary/aromatic N) is 4. The lowest BCUT2D eigenvalue weighted by atomic mass is 10.2. The zero-order chi connectivity index (χ0) is 27.1. The quantitative estimate of drug-likeness (QED) is 0.154. The highest BCUT2D eigenvalue weighted by Gasteiger charge is 2.18. The number of amides is 1. The number of phenolic OH excluding ortho intramolecular Hbond substituents is 1. The van der Waals surface area contributed by atoms with Gasteiger partial charge in [-0.1, -0.05) is 11.8 Å². The second kappa shape index (κ2) is 12.5. The van der Waals surface area contributed by atoms with Crippen LogP contribution in [-0.4, -0.2) is 59.1 Å². The molecule has 4 aromatic rings. The molecular formula is C26H24BrN5O5S. The van der Waals surface area contributed by atoms with E-state index in [1.54, 1.807) is 26.4 Å². The van der Waals surface area contributed by atoms with Crippen molar-refractivity contribution in [2.24, 2.45) is 5.10 Å². The van der Waals surface area contributed by atoms with Crippen molar-refractivity contribution in [3.8, 4) is 40.1 Å². The van der Waals surface area contributed by atoms with Crippen LogP contribution in [0.15, 0.2) is 75.4 Å². The van der Waals surface area contributed by atoms with Crippen LogP contribution in [0.25, 0.3) is 17.1 Å². The van der Waals surface area contributed by atoms with Gasteiger partial charge >= 0.3 is 0 Å². The molecule has 0 saturated carbocycles. The van der Waals surface area contributed by atoms with Crippen molar-refractivity contribution in [2.75, 3.05) is 27.1 Å². The average Bonchev–Trinajstić information content (AvgIpc) is 3.37. The fourth-order valence-corrected chi connectivity index (χ4v) is 4.62. The number of phenols is 1. The van der Waals surface area contributed by atoms with Crippen molar-refractivity contribution < 1.29 is 24.1 Å². The predicted octanol–water partition coefficient (Wildman–Crippen LogP) is 4.67. The number of rotatable bonds is 10. The maximum Gasteiger partial charge on any atom is 0.250 e. The van der Waals surface area contributed by atoms with Gasteiger partial charge in [0, 0.05) is 11.3 Å². The van der Waals surface area contributed by atoms with Gasteiger partial charge < -0.3 is 19.3 Å². The highest BCUT2D eigenvalue weighted by molar-refractivity contribution is 9.10. The zero-order valence-corrected chi connectivity index (χ0v) is 23.1. The first-order chi connectivity index (χ1) is 18.4. The summed E-state index contributed by atoms with van der Waals surface area (Å²) in [5.41, 5.74) is 4.78. The van der Waals surface area contributed by atoms with Crippen molar-refractivity contribution in [3.05, 3.63) is 70.7 Å². The Balaban J connectivity index is 1.51. The molecule has 0 aliphatic heterocycles. The van der Waals surface area contributed by atoms with Crippen LogP contribution in [-0.2, 0) is 4.79 Å². The molecule has 0 saturated heterocycles. The number of benzene rings is 3. The first-order valence-electron chi connectivity index (χ1n) is 11.2. The molecule has 10 nitrogen and oxygen atoms in total. The third-order valence-corrected chi connectivity index (χ3v) is 6.85. The minimum Gasteiger partial charge on any atom is -0.503 e. The normalized spacial score (nSPS) is 10.9. The Morgan fingerprint density at radius 2 is 1.68 bits per heavy atom. The Kier molecular flexibility index (Phi) is 8.87. The molecule has 0 aliphatic carbocycles. The molecule has 0 bridgehead atoms. The van der Waals surface area contributed by atoms with Crippen LogP contribution in [0.3, 0.4) is 0 Å². The maximum atomic E-state index is 12.5. The Labute approximate surface area is 231 Å². The van der Waals surface area contributed by atoms with Crippen molar-refractivity contribution in [2.45, 2.75) is 5.16 Å². The lowest BCUT2D eigenvalue weighted by Gasteiger charge is -2.11. The lowest BCUT2D eigenvalue weighted by Crippen LogP contribution is -2.20. The molecule has 4 rings (SSSR count). The molecule has 1 aromatic heterocycles. The highest BCUT2D eigenvalue weighted by Crippen LogP contribution is 2.34. The van der Waals surface area contributed by atoms with Gasteiger partial charge in [0.15, 0.2) is 22.5 Å². The van der Waals surface area contributed by atoms with Gasteiger partial charge in [-0.25, -0.2) is 5.43 Å². The van der Waals surface area contributed by atoms with E-state index in [1.807, 2.05) is 53.1 Å². The molecule has 38 heavy (non-hydrogen) atoms. The topological polar surface area (TPSA) is 120 Å². The van der Waals surface area contributed by atoms with Crippen molar-refractivity contribution in [1.82, 2.24) is 20.2 Å². The van der Waals surface area contributed by atoms with E-state index < -0.39 is 0 Å². The molecular weight excluding hydrogens is 574 g/mol. The van der Waals surface area contributed by atoms with Gasteiger partial charge in [-0.3, -0.25) is 9.36 Å². The number of aromatic hydroxyl groups is 1. The van der Waals surface area contributed by atoms with Gasteiger partial charge in [-0.05, 0) is 82.2 Å². The summed E-state index contributed by atoms with van der Waals surface area (Å²) in [6.07, 6.45) is 1.46. The molecule has 0 fully saturated rings. The SMILES string of the molecule is COc1ccc(-c2nnc(SCC(=O)N/N=C/c3cc(Br)c(O)c(OC)c3)n2-c2ccc(OC)cc2)cc1. The average molecular weight is 598 g/mol. The summed E-state index contributed by atoms with van der Waals surface area (Å²) >= 11 is 4.49. The predicted molar refractivity (Wildman–Crippen MR) is 149 cm³/mol. The third kappa shape index (κ3) is 6.26. The molecule has 0 spiro atoms. The van der Waals surface area contributed by atoms with Crippen LogP contribution in [0.5, 0.6) is 23.0 Å². The molecule has 196 valence electrons. The van der Waals surface area contributed by atoms with E-state index in [1.165, 1.54) is 25.1 Å². The van der Waals surface area contributed by atoms with Crippen LogP contribution in [0.2, 0.25) is 0 Å². The van der Waals surface area contributed by atoms with Gasteiger partial charge in [0.05, 0.1) is 37.8 Å². The van der Waals surface area contributed by atoms with Crippen molar-refractivity contribution >= 4 is 39.8 Å². The summed E-state index contributed by atoms with van der Waals surface area (Å²) < 4.78 is 18.0. The van der Waals surface area contributed by atoms with E-state index in [0.29, 0.717) is 21.0 Å². The number of carbonyl (C=O) groups is 1. The number of hydrazone groups is 1. The standard InChI is InChI=1S/C26H24BrN5O5S/c1-35-19-8-4-17(5-9-19)25-30-31-26(32(25)18-6-10-20(36-2)11-7-18)38-15-23(33)29-28-14-16-12-21(27)24(34)22(13-16)37-3/h4-14,34H,15H2,1-3H3,(H,29,33)/b28-14+. The van der Waals surface area contributed by atoms with Crippen LogP contribution < -0.4 is 19.6 Å². The Hall–Kier alpha value is -4.03.